The highest BCUT2D eigenvalue weighted by Gasteiger charge is 2.15. The molecule has 0 radical (unpaired) electrons. The molecule has 0 aromatic heterocycles. The summed E-state index contributed by atoms with van der Waals surface area (Å²) in [6.45, 7) is 5.62. The second-order valence-corrected chi connectivity index (χ2v) is 7.51. The van der Waals surface area contributed by atoms with Crippen LogP contribution >= 0.6 is 0 Å². The number of carbonyl (C=O) groups excluding carboxylic acids is 1. The Morgan fingerprint density at radius 3 is 2.59 bits per heavy atom. The highest BCUT2D eigenvalue weighted by molar-refractivity contribution is 5.75. The molecule has 0 aliphatic carbocycles. The van der Waals surface area contributed by atoms with Crippen LogP contribution in [0.4, 0.5) is 0 Å². The van der Waals surface area contributed by atoms with E-state index in [1.807, 2.05) is 24.3 Å². The number of piperidine rings is 1. The first-order chi connectivity index (χ1) is 13.2. The van der Waals surface area contributed by atoms with Crippen molar-refractivity contribution in [1.29, 1.82) is 0 Å². The van der Waals surface area contributed by atoms with Crippen molar-refractivity contribution in [2.45, 2.75) is 64.3 Å². The Balaban J connectivity index is 1.60. The second kappa shape index (κ2) is 12.7. The second-order valence-electron chi connectivity index (χ2n) is 7.51. The first kappa shape index (κ1) is 21.7. The van der Waals surface area contributed by atoms with Crippen molar-refractivity contribution < 1.29 is 14.3 Å². The Kier molecular flexibility index (Phi) is 10.2. The normalized spacial score (nSPS) is 16.1. The maximum atomic E-state index is 11.8. The van der Waals surface area contributed by atoms with E-state index in [2.05, 4.69) is 12.2 Å². The quantitative estimate of drug-likeness (QED) is 0.432. The maximum Gasteiger partial charge on any atom is 0.323 e. The number of carbonyl (C=O) groups is 1. The highest BCUT2D eigenvalue weighted by atomic mass is 16.5. The van der Waals surface area contributed by atoms with Crippen molar-refractivity contribution in [1.82, 2.24) is 5.32 Å². The van der Waals surface area contributed by atoms with E-state index >= 15 is 0 Å². The topological polar surface area (TPSA) is 73.6 Å². The molecule has 0 bridgehead atoms. The molecule has 1 heterocycles. The summed E-state index contributed by atoms with van der Waals surface area (Å²) in [5.41, 5.74) is 6.96. The molecule has 1 aromatic rings. The van der Waals surface area contributed by atoms with E-state index < -0.39 is 6.04 Å². The van der Waals surface area contributed by atoms with Gasteiger partial charge in [-0.25, -0.2) is 0 Å². The van der Waals surface area contributed by atoms with E-state index in [-0.39, 0.29) is 5.97 Å². The fourth-order valence-electron chi connectivity index (χ4n) is 3.38. The van der Waals surface area contributed by atoms with Crippen molar-refractivity contribution in [2.75, 3.05) is 26.3 Å². The summed E-state index contributed by atoms with van der Waals surface area (Å²) in [6.07, 6.45) is 8.65. The summed E-state index contributed by atoms with van der Waals surface area (Å²) in [4.78, 5) is 11.8. The summed E-state index contributed by atoms with van der Waals surface area (Å²) in [5.74, 6) is 1.45. The van der Waals surface area contributed by atoms with E-state index in [1.165, 1.54) is 38.8 Å². The van der Waals surface area contributed by atoms with Crippen LogP contribution in [0.25, 0.3) is 0 Å². The van der Waals surface area contributed by atoms with Gasteiger partial charge in [-0.15, -0.1) is 0 Å². The Hall–Kier alpha value is -1.59. The number of esters is 1. The Labute approximate surface area is 164 Å². The van der Waals surface area contributed by atoms with Crippen LogP contribution in [-0.4, -0.2) is 38.3 Å². The lowest BCUT2D eigenvalue weighted by molar-refractivity contribution is -0.145. The van der Waals surface area contributed by atoms with Crippen LogP contribution < -0.4 is 15.8 Å². The number of benzene rings is 1. The molecular formula is C22H36N2O3. The van der Waals surface area contributed by atoms with Crippen molar-refractivity contribution in [3.8, 4) is 5.75 Å². The molecule has 1 aliphatic rings. The lowest BCUT2D eigenvalue weighted by Gasteiger charge is -2.22. The van der Waals surface area contributed by atoms with Gasteiger partial charge in [0.2, 0.25) is 0 Å². The van der Waals surface area contributed by atoms with Gasteiger partial charge in [0, 0.05) is 0 Å². The summed E-state index contributed by atoms with van der Waals surface area (Å²) in [5, 5.41) is 3.41. The van der Waals surface area contributed by atoms with Gasteiger partial charge in [0.05, 0.1) is 13.2 Å². The smallest absolute Gasteiger partial charge is 0.323 e. The number of hydrogen-bond acceptors (Lipinski definition) is 5. The number of ether oxygens (including phenoxy) is 2. The van der Waals surface area contributed by atoms with Crippen LogP contribution in [0, 0.1) is 5.92 Å². The van der Waals surface area contributed by atoms with Crippen LogP contribution in [0.2, 0.25) is 0 Å². The van der Waals surface area contributed by atoms with Gasteiger partial charge in [0.15, 0.2) is 0 Å². The number of unbranched alkanes of at least 4 members (excludes halogenated alkanes) is 2. The molecule has 2 rings (SSSR count). The minimum absolute atomic E-state index is 0.322. The molecule has 1 atom stereocenters. The summed E-state index contributed by atoms with van der Waals surface area (Å²) in [6, 6.07) is 7.25. The molecule has 5 heteroatoms. The Morgan fingerprint density at radius 2 is 1.89 bits per heavy atom. The molecular weight excluding hydrogens is 340 g/mol. The van der Waals surface area contributed by atoms with E-state index in [1.54, 1.807) is 0 Å². The van der Waals surface area contributed by atoms with Gasteiger partial charge in [-0.1, -0.05) is 31.9 Å². The average Bonchev–Trinajstić information content (AvgIpc) is 2.70. The molecule has 0 spiro atoms. The number of hydrogen-bond donors (Lipinski definition) is 2. The molecule has 1 fully saturated rings. The lowest BCUT2D eigenvalue weighted by Crippen LogP contribution is -2.34. The zero-order valence-corrected chi connectivity index (χ0v) is 16.8. The van der Waals surface area contributed by atoms with Crippen molar-refractivity contribution in [3.05, 3.63) is 29.8 Å². The molecule has 1 aliphatic heterocycles. The third-order valence-corrected chi connectivity index (χ3v) is 5.16. The monoisotopic (exact) mass is 376 g/mol. The third-order valence-electron chi connectivity index (χ3n) is 5.16. The first-order valence-corrected chi connectivity index (χ1v) is 10.5. The van der Waals surface area contributed by atoms with Crippen molar-refractivity contribution in [3.63, 3.8) is 0 Å². The molecule has 1 saturated heterocycles. The summed E-state index contributed by atoms with van der Waals surface area (Å²) < 4.78 is 11.0. The van der Waals surface area contributed by atoms with Gasteiger partial charge in [-0.2, -0.15) is 0 Å². The predicted octanol–water partition coefficient (Wildman–Crippen LogP) is 3.45. The van der Waals surface area contributed by atoms with Crippen molar-refractivity contribution in [2.24, 2.45) is 11.7 Å². The number of nitrogens with one attached hydrogen (secondary N) is 1. The fraction of sp³-hybridized carbons (Fsp3) is 0.682. The lowest BCUT2D eigenvalue weighted by atomic mass is 9.93. The van der Waals surface area contributed by atoms with Crippen LogP contribution in [0.1, 0.15) is 57.4 Å². The average molecular weight is 377 g/mol. The fourth-order valence-corrected chi connectivity index (χ4v) is 3.38. The zero-order chi connectivity index (χ0) is 19.3. The predicted molar refractivity (Wildman–Crippen MR) is 109 cm³/mol. The largest absolute Gasteiger partial charge is 0.494 e. The van der Waals surface area contributed by atoms with Crippen LogP contribution in [-0.2, 0) is 16.0 Å². The molecule has 1 aromatic carbocycles. The van der Waals surface area contributed by atoms with Gasteiger partial charge >= 0.3 is 5.97 Å². The third kappa shape index (κ3) is 8.76. The van der Waals surface area contributed by atoms with Gasteiger partial charge in [0.25, 0.3) is 0 Å². The maximum absolute atomic E-state index is 11.8. The number of rotatable bonds is 12. The SMILES string of the molecule is CCCCOC(=O)[C@@H](N)Cc1ccc(OCCCCC2CCNCC2)cc1. The molecule has 0 saturated carbocycles. The molecule has 3 N–H and O–H groups in total. The Morgan fingerprint density at radius 1 is 1.15 bits per heavy atom. The van der Waals surface area contributed by atoms with Crippen LogP contribution in [0.5, 0.6) is 5.75 Å². The number of nitrogens with two attached hydrogens (primary N) is 1. The van der Waals surface area contributed by atoms with Gasteiger partial charge in [-0.3, -0.25) is 4.79 Å². The molecule has 0 unspecified atom stereocenters. The molecule has 152 valence electrons. The summed E-state index contributed by atoms with van der Waals surface area (Å²) in [7, 11) is 0. The van der Waals surface area contributed by atoms with Crippen LogP contribution in [0.3, 0.4) is 0 Å². The van der Waals surface area contributed by atoms with Crippen LogP contribution in [0.15, 0.2) is 24.3 Å². The highest BCUT2D eigenvalue weighted by Crippen LogP contribution is 2.19. The van der Waals surface area contributed by atoms with Gasteiger partial charge in [-0.05, 0) is 75.2 Å². The molecule has 5 nitrogen and oxygen atoms in total. The summed E-state index contributed by atoms with van der Waals surface area (Å²) >= 11 is 0. The van der Waals surface area contributed by atoms with Crippen molar-refractivity contribution >= 4 is 5.97 Å². The zero-order valence-electron chi connectivity index (χ0n) is 16.8. The minimum Gasteiger partial charge on any atom is -0.494 e. The molecule has 0 amide bonds. The van der Waals surface area contributed by atoms with Gasteiger partial charge < -0.3 is 20.5 Å². The minimum atomic E-state index is -0.608. The van der Waals surface area contributed by atoms with Gasteiger partial charge in [0.1, 0.15) is 11.8 Å². The van der Waals surface area contributed by atoms with E-state index in [0.29, 0.717) is 13.0 Å². The first-order valence-electron chi connectivity index (χ1n) is 10.5. The standard InChI is InChI=1S/C22H36N2O3/c1-2-3-15-27-22(25)21(23)17-19-7-9-20(10-8-19)26-16-5-4-6-18-11-13-24-14-12-18/h7-10,18,21,24H,2-6,11-17,23H2,1H3/t21-/m0/s1. The van der Waals surface area contributed by atoms with E-state index in [9.17, 15) is 4.79 Å². The van der Waals surface area contributed by atoms with E-state index in [4.69, 9.17) is 15.2 Å². The van der Waals surface area contributed by atoms with E-state index in [0.717, 1.165) is 43.1 Å². The Bertz CT molecular complexity index is 527. The molecule has 27 heavy (non-hydrogen) atoms.